The van der Waals surface area contributed by atoms with E-state index in [0.717, 1.165) is 22.6 Å². The summed E-state index contributed by atoms with van der Waals surface area (Å²) in [6.45, 7) is 9.21. The predicted octanol–water partition coefficient (Wildman–Crippen LogP) is 4.88. The first-order valence-electron chi connectivity index (χ1n) is 7.75. The van der Waals surface area contributed by atoms with Crippen LogP contribution < -0.4 is 4.74 Å². The third-order valence-corrected chi connectivity index (χ3v) is 4.68. The maximum Gasteiger partial charge on any atom is 0.147 e. The van der Waals surface area contributed by atoms with Gasteiger partial charge in [0.15, 0.2) is 0 Å². The molecule has 1 aliphatic rings. The van der Waals surface area contributed by atoms with Crippen molar-refractivity contribution in [2.45, 2.75) is 51.5 Å². The fraction of sp³-hybridized carbons (Fsp3) is 0.588. The topological polar surface area (TPSA) is 27.1 Å². The van der Waals surface area contributed by atoms with Crippen LogP contribution in [0.15, 0.2) is 18.2 Å². The lowest BCUT2D eigenvalue weighted by Gasteiger charge is -2.30. The Bertz CT molecular complexity index is 656. The van der Waals surface area contributed by atoms with Gasteiger partial charge in [0.25, 0.3) is 0 Å². The highest BCUT2D eigenvalue weighted by Crippen LogP contribution is 2.47. The van der Waals surface area contributed by atoms with Gasteiger partial charge in [-0.2, -0.15) is 0 Å². The first kappa shape index (κ1) is 14.7. The molecule has 0 saturated heterocycles. The first-order valence-corrected chi connectivity index (χ1v) is 8.19. The average Bonchev–Trinajstić information content (AvgIpc) is 3.19. The van der Waals surface area contributed by atoms with Crippen LogP contribution in [0.5, 0.6) is 5.75 Å². The number of fused-ring (bicyclic) bond motifs is 1. The number of halogens is 1. The van der Waals surface area contributed by atoms with Crippen LogP contribution in [0.4, 0.5) is 0 Å². The van der Waals surface area contributed by atoms with Crippen molar-refractivity contribution in [3.8, 4) is 5.75 Å². The number of alkyl halides is 1. The maximum atomic E-state index is 6.42. The monoisotopic (exact) mass is 306 g/mol. The highest BCUT2D eigenvalue weighted by atomic mass is 35.5. The first-order chi connectivity index (χ1) is 9.96. The van der Waals surface area contributed by atoms with Crippen LogP contribution in [0.25, 0.3) is 11.0 Å². The van der Waals surface area contributed by atoms with E-state index in [4.69, 9.17) is 21.3 Å². The van der Waals surface area contributed by atoms with Crippen LogP contribution in [0.3, 0.4) is 0 Å². The van der Waals surface area contributed by atoms with Gasteiger partial charge in [0, 0.05) is 5.54 Å². The van der Waals surface area contributed by atoms with E-state index in [1.807, 2.05) is 26.0 Å². The summed E-state index contributed by atoms with van der Waals surface area (Å²) in [5, 5.41) is -0.120. The van der Waals surface area contributed by atoms with E-state index >= 15 is 0 Å². The molecule has 1 unspecified atom stereocenters. The Morgan fingerprint density at radius 3 is 2.71 bits per heavy atom. The van der Waals surface area contributed by atoms with E-state index in [-0.39, 0.29) is 10.9 Å². The second kappa shape index (κ2) is 5.20. The summed E-state index contributed by atoms with van der Waals surface area (Å²) in [5.74, 6) is 2.49. The smallest absolute Gasteiger partial charge is 0.147 e. The predicted molar refractivity (Wildman–Crippen MR) is 87.2 cm³/mol. The van der Waals surface area contributed by atoms with Gasteiger partial charge < -0.3 is 9.30 Å². The lowest BCUT2D eigenvalue weighted by atomic mass is 9.97. The van der Waals surface area contributed by atoms with Crippen molar-refractivity contribution in [3.63, 3.8) is 0 Å². The number of imidazole rings is 1. The zero-order valence-electron chi connectivity index (χ0n) is 13.2. The van der Waals surface area contributed by atoms with Crippen LogP contribution in [-0.4, -0.2) is 16.2 Å². The molecule has 1 aromatic carbocycles. The van der Waals surface area contributed by atoms with Gasteiger partial charge >= 0.3 is 0 Å². The highest BCUT2D eigenvalue weighted by molar-refractivity contribution is 6.20. The summed E-state index contributed by atoms with van der Waals surface area (Å²) in [4.78, 5) is 4.81. The molecule has 0 N–H and O–H groups in total. The molecule has 0 aliphatic heterocycles. The average molecular weight is 307 g/mol. The number of rotatable bonds is 5. The van der Waals surface area contributed by atoms with Gasteiger partial charge in [-0.05, 0) is 58.6 Å². The molecule has 1 aromatic heterocycles. The standard InChI is InChI=1S/C17H23ClN2O/c1-5-21-14-8-6-7-13-15(14)19-16(11(2)18)20(13)17(3,4)12-9-10-12/h6-8,11-12H,5,9-10H2,1-4H3. The van der Waals surface area contributed by atoms with E-state index in [9.17, 15) is 0 Å². The Balaban J connectivity index is 2.25. The van der Waals surface area contributed by atoms with Gasteiger partial charge in [-0.1, -0.05) is 6.07 Å². The summed E-state index contributed by atoms with van der Waals surface area (Å²) >= 11 is 6.42. The molecule has 3 rings (SSSR count). The number of hydrogen-bond donors (Lipinski definition) is 0. The van der Waals surface area contributed by atoms with E-state index in [2.05, 4.69) is 24.5 Å². The summed E-state index contributed by atoms with van der Waals surface area (Å²) in [6.07, 6.45) is 2.57. The fourth-order valence-corrected chi connectivity index (χ4v) is 3.35. The number of hydrogen-bond acceptors (Lipinski definition) is 2. The third kappa shape index (κ3) is 2.42. The Hall–Kier alpha value is -1.22. The fourth-order valence-electron chi connectivity index (χ4n) is 3.21. The molecule has 0 bridgehead atoms. The molecule has 4 heteroatoms. The van der Waals surface area contributed by atoms with Crippen molar-refractivity contribution in [2.24, 2.45) is 5.92 Å². The lowest BCUT2D eigenvalue weighted by Crippen LogP contribution is -2.30. The van der Waals surface area contributed by atoms with Gasteiger partial charge in [-0.15, -0.1) is 11.6 Å². The molecule has 0 amide bonds. The zero-order chi connectivity index (χ0) is 15.2. The minimum atomic E-state index is -0.120. The van der Waals surface area contributed by atoms with Crippen molar-refractivity contribution >= 4 is 22.6 Å². The minimum Gasteiger partial charge on any atom is -0.492 e. The Morgan fingerprint density at radius 1 is 1.43 bits per heavy atom. The van der Waals surface area contributed by atoms with E-state index < -0.39 is 0 Å². The lowest BCUT2D eigenvalue weighted by molar-refractivity contribution is 0.304. The molecule has 1 fully saturated rings. The molecule has 1 aliphatic carbocycles. The normalized spacial score (nSPS) is 17.2. The second-order valence-corrected chi connectivity index (χ2v) is 7.06. The van der Waals surface area contributed by atoms with Crippen molar-refractivity contribution < 1.29 is 4.74 Å². The summed E-state index contributed by atoms with van der Waals surface area (Å²) in [7, 11) is 0. The number of aromatic nitrogens is 2. The van der Waals surface area contributed by atoms with Crippen molar-refractivity contribution in [1.82, 2.24) is 9.55 Å². The molecular formula is C17H23ClN2O. The molecule has 21 heavy (non-hydrogen) atoms. The van der Waals surface area contributed by atoms with Crippen molar-refractivity contribution in [3.05, 3.63) is 24.0 Å². The van der Waals surface area contributed by atoms with Gasteiger partial charge in [-0.25, -0.2) is 4.98 Å². The summed E-state index contributed by atoms with van der Waals surface area (Å²) in [5.41, 5.74) is 2.09. The molecule has 1 atom stereocenters. The molecule has 3 nitrogen and oxygen atoms in total. The number of para-hydroxylation sites is 1. The van der Waals surface area contributed by atoms with E-state index in [0.29, 0.717) is 12.5 Å². The summed E-state index contributed by atoms with van der Waals surface area (Å²) < 4.78 is 8.07. The van der Waals surface area contributed by atoms with Crippen LogP contribution in [0.2, 0.25) is 0 Å². The SMILES string of the molecule is CCOc1cccc2c1nc(C(C)Cl)n2C(C)(C)C1CC1. The summed E-state index contributed by atoms with van der Waals surface area (Å²) in [6, 6.07) is 6.14. The van der Waals surface area contributed by atoms with E-state index in [1.54, 1.807) is 0 Å². The number of benzene rings is 1. The maximum absolute atomic E-state index is 6.42. The van der Waals surface area contributed by atoms with Gasteiger partial charge in [0.2, 0.25) is 0 Å². The van der Waals surface area contributed by atoms with Crippen LogP contribution in [0.1, 0.15) is 51.7 Å². The number of ether oxygens (including phenoxy) is 1. The highest BCUT2D eigenvalue weighted by Gasteiger charge is 2.41. The largest absolute Gasteiger partial charge is 0.492 e. The molecule has 1 saturated carbocycles. The van der Waals surface area contributed by atoms with Crippen LogP contribution in [0, 0.1) is 5.92 Å². The van der Waals surface area contributed by atoms with Crippen LogP contribution >= 0.6 is 11.6 Å². The Kier molecular flexibility index (Phi) is 3.64. The molecular weight excluding hydrogens is 284 g/mol. The Labute approximate surface area is 131 Å². The van der Waals surface area contributed by atoms with Crippen molar-refractivity contribution in [2.75, 3.05) is 6.61 Å². The molecule has 1 heterocycles. The van der Waals surface area contributed by atoms with Gasteiger partial charge in [-0.3, -0.25) is 0 Å². The molecule has 0 spiro atoms. The van der Waals surface area contributed by atoms with Gasteiger partial charge in [0.1, 0.15) is 17.1 Å². The quantitative estimate of drug-likeness (QED) is 0.736. The number of nitrogens with zero attached hydrogens (tertiary/aromatic N) is 2. The van der Waals surface area contributed by atoms with Crippen LogP contribution in [-0.2, 0) is 5.54 Å². The van der Waals surface area contributed by atoms with E-state index in [1.165, 1.54) is 12.8 Å². The van der Waals surface area contributed by atoms with Crippen molar-refractivity contribution in [1.29, 1.82) is 0 Å². The molecule has 0 radical (unpaired) electrons. The minimum absolute atomic E-state index is 0.0398. The second-order valence-electron chi connectivity index (χ2n) is 6.41. The third-order valence-electron chi connectivity index (χ3n) is 4.48. The molecule has 114 valence electrons. The zero-order valence-corrected chi connectivity index (χ0v) is 13.9. The Morgan fingerprint density at radius 2 is 2.14 bits per heavy atom. The molecule has 2 aromatic rings. The van der Waals surface area contributed by atoms with Gasteiger partial charge in [0.05, 0.1) is 17.5 Å².